The molecule has 1 saturated heterocycles. The van der Waals surface area contributed by atoms with Crippen molar-refractivity contribution in [2.75, 3.05) is 26.3 Å². The lowest BCUT2D eigenvalue weighted by Gasteiger charge is -2.36. The second kappa shape index (κ2) is 8.51. The molecule has 2 fully saturated rings. The fourth-order valence-electron chi connectivity index (χ4n) is 5.13. The Morgan fingerprint density at radius 1 is 1.42 bits per heavy atom. The maximum absolute atomic E-state index is 12.7. The fraction of sp³-hybridized carbons (Fsp3) is 0.625. The van der Waals surface area contributed by atoms with Crippen LogP contribution in [0.3, 0.4) is 0 Å². The van der Waals surface area contributed by atoms with Gasteiger partial charge in [-0.25, -0.2) is 14.6 Å². The topological polar surface area (TPSA) is 61.0 Å². The molecular weight excluding hydrogens is 392 g/mol. The van der Waals surface area contributed by atoms with Crippen LogP contribution in [0.1, 0.15) is 46.5 Å². The van der Waals surface area contributed by atoms with Crippen molar-refractivity contribution in [1.29, 1.82) is 0 Å². The highest BCUT2D eigenvalue weighted by Gasteiger charge is 2.48. The molecule has 0 N–H and O–H groups in total. The van der Waals surface area contributed by atoms with E-state index in [9.17, 15) is 4.79 Å². The van der Waals surface area contributed by atoms with Gasteiger partial charge in [0.1, 0.15) is 5.60 Å². The van der Waals surface area contributed by atoms with Crippen LogP contribution < -0.4 is 0 Å². The molecule has 2 heterocycles. The van der Waals surface area contributed by atoms with Gasteiger partial charge in [0, 0.05) is 25.1 Å². The van der Waals surface area contributed by atoms with Gasteiger partial charge in [0.05, 0.1) is 37.1 Å². The number of imidazole rings is 1. The van der Waals surface area contributed by atoms with Crippen molar-refractivity contribution in [1.82, 2.24) is 14.5 Å². The Hall–Kier alpha value is -2.59. The van der Waals surface area contributed by atoms with Gasteiger partial charge in [-0.3, -0.25) is 0 Å². The molecule has 7 nitrogen and oxygen atoms in total. The quantitative estimate of drug-likeness (QED) is 0.585. The first-order chi connectivity index (χ1) is 14.8. The number of aromatic nitrogens is 2. The van der Waals surface area contributed by atoms with E-state index in [1.807, 2.05) is 36.4 Å². The monoisotopic (exact) mass is 424 g/mol. The van der Waals surface area contributed by atoms with Crippen molar-refractivity contribution in [3.05, 3.63) is 35.9 Å². The molecule has 166 valence electrons. The van der Waals surface area contributed by atoms with E-state index in [0.29, 0.717) is 37.9 Å². The summed E-state index contributed by atoms with van der Waals surface area (Å²) in [6.45, 7) is 17.0. The van der Waals surface area contributed by atoms with Gasteiger partial charge in [-0.2, -0.15) is 0 Å². The number of nitrogens with zero attached hydrogens (tertiary/aromatic N) is 4. The summed E-state index contributed by atoms with van der Waals surface area (Å²) in [5.41, 5.74) is 2.04. The maximum atomic E-state index is 12.7. The Balaban J connectivity index is 1.44. The van der Waals surface area contributed by atoms with Crippen LogP contribution in [-0.4, -0.2) is 52.4 Å². The maximum Gasteiger partial charge on any atom is 0.410 e. The smallest absolute Gasteiger partial charge is 0.410 e. The number of carbonyl (C=O) groups is 1. The largest absolute Gasteiger partial charge is 0.441 e. The van der Waals surface area contributed by atoms with Gasteiger partial charge in [0.25, 0.3) is 0 Å². The summed E-state index contributed by atoms with van der Waals surface area (Å²) in [7, 11) is 0. The average Bonchev–Trinajstić information content (AvgIpc) is 3.26. The summed E-state index contributed by atoms with van der Waals surface area (Å²) < 4.78 is 13.8. The third-order valence-corrected chi connectivity index (χ3v) is 6.45. The first-order valence-corrected chi connectivity index (χ1v) is 11.2. The molecule has 31 heavy (non-hydrogen) atoms. The molecule has 0 bridgehead atoms. The second-order valence-corrected chi connectivity index (χ2v) is 9.85. The Morgan fingerprint density at radius 2 is 2.26 bits per heavy atom. The molecule has 2 atom stereocenters. The van der Waals surface area contributed by atoms with Crippen LogP contribution in [0, 0.1) is 17.9 Å². The van der Waals surface area contributed by atoms with Gasteiger partial charge in [-0.05, 0) is 50.7 Å². The number of hydrogen-bond donors (Lipinski definition) is 0. The lowest BCUT2D eigenvalue weighted by Crippen LogP contribution is -2.42. The summed E-state index contributed by atoms with van der Waals surface area (Å²) in [5.74, 6) is 0.409. The van der Waals surface area contributed by atoms with Crippen LogP contribution in [0.2, 0.25) is 0 Å². The zero-order valence-electron chi connectivity index (χ0n) is 18.8. The number of amides is 1. The Kier molecular flexibility index (Phi) is 5.94. The number of hydrogen-bond acceptors (Lipinski definition) is 4. The van der Waals surface area contributed by atoms with Crippen molar-refractivity contribution >= 4 is 22.8 Å². The van der Waals surface area contributed by atoms with Crippen LogP contribution in [0.5, 0.6) is 0 Å². The first-order valence-electron chi connectivity index (χ1n) is 11.2. The summed E-state index contributed by atoms with van der Waals surface area (Å²) in [5, 5.41) is 0. The predicted octanol–water partition coefficient (Wildman–Crippen LogP) is 5.03. The second-order valence-electron chi connectivity index (χ2n) is 9.85. The molecular formula is C24H32N4O3. The van der Waals surface area contributed by atoms with Crippen LogP contribution in [0.15, 0.2) is 24.5 Å². The van der Waals surface area contributed by atoms with E-state index in [2.05, 4.69) is 28.2 Å². The molecule has 7 heteroatoms. The average molecular weight is 425 g/mol. The third-order valence-electron chi connectivity index (χ3n) is 6.45. The zero-order chi connectivity index (χ0) is 22.1. The predicted molar refractivity (Wildman–Crippen MR) is 119 cm³/mol. The summed E-state index contributed by atoms with van der Waals surface area (Å²) >= 11 is 0. The minimum Gasteiger partial charge on any atom is -0.441 e. The fourth-order valence-corrected chi connectivity index (χ4v) is 5.13. The molecule has 4 rings (SSSR count). The van der Waals surface area contributed by atoms with Crippen LogP contribution >= 0.6 is 0 Å². The van der Waals surface area contributed by atoms with E-state index >= 15 is 0 Å². The molecule has 1 saturated carbocycles. The van der Waals surface area contributed by atoms with Crippen molar-refractivity contribution in [3.8, 4) is 0 Å². The minimum atomic E-state index is -0.389. The molecule has 1 spiro atoms. The molecule has 2 aromatic rings. The zero-order valence-corrected chi connectivity index (χ0v) is 18.8. The van der Waals surface area contributed by atoms with Gasteiger partial charge in [-0.15, -0.1) is 0 Å². The van der Waals surface area contributed by atoms with Crippen LogP contribution in [-0.2, 0) is 16.0 Å². The minimum absolute atomic E-state index is 0.106. The van der Waals surface area contributed by atoms with E-state index in [-0.39, 0.29) is 17.1 Å². The number of carbonyl (C=O) groups excluding carboxylic acids is 1. The third kappa shape index (κ3) is 4.69. The Morgan fingerprint density at radius 3 is 3.03 bits per heavy atom. The molecule has 0 unspecified atom stereocenters. The molecule has 0 radical (unpaired) electrons. The summed E-state index contributed by atoms with van der Waals surface area (Å²) in [6.07, 6.45) is 5.61. The number of rotatable bonds is 7. The van der Waals surface area contributed by atoms with Crippen molar-refractivity contribution in [3.63, 3.8) is 0 Å². The van der Waals surface area contributed by atoms with E-state index in [0.717, 1.165) is 43.3 Å². The normalized spacial score (nSPS) is 24.0. The van der Waals surface area contributed by atoms with Crippen molar-refractivity contribution in [2.45, 2.75) is 58.6 Å². The molecule has 1 aromatic carbocycles. The van der Waals surface area contributed by atoms with Gasteiger partial charge in [-0.1, -0.05) is 19.9 Å². The molecule has 2 aliphatic rings. The lowest BCUT2D eigenvalue weighted by atomic mass is 9.77. The standard InChI is InChI=1S/C24H32N4O3/c1-5-30-16-23(2,3)14-28-15-24(31-22(28)29)10-6-7-18(12-24)13-27-17-26-20-9-8-19(25-4)11-21(20)27/h8-9,11,17-18H,5-7,10,12-16H2,1-3H3/t18-,24-/m0/s1. The SMILES string of the molecule is [C-]#[N+]c1ccc2ncn(C[C@H]3CCC[C@]4(C3)CN(CC(C)(C)COCC)C(=O)O4)c2c1. The Bertz CT molecular complexity index is 992. The molecule has 1 aliphatic heterocycles. The highest BCUT2D eigenvalue weighted by atomic mass is 16.6. The van der Waals surface area contributed by atoms with Crippen LogP contribution in [0.25, 0.3) is 15.9 Å². The Labute approximate surface area is 184 Å². The van der Waals surface area contributed by atoms with Gasteiger partial charge in [0.2, 0.25) is 0 Å². The van der Waals surface area contributed by atoms with E-state index in [1.54, 1.807) is 0 Å². The van der Waals surface area contributed by atoms with Gasteiger partial charge < -0.3 is 18.9 Å². The van der Waals surface area contributed by atoms with Crippen molar-refractivity contribution in [2.24, 2.45) is 11.3 Å². The number of ether oxygens (including phenoxy) is 2. The number of benzene rings is 1. The first kappa shape index (κ1) is 21.6. The lowest BCUT2D eigenvalue weighted by molar-refractivity contribution is 0.00399. The van der Waals surface area contributed by atoms with E-state index < -0.39 is 0 Å². The summed E-state index contributed by atoms with van der Waals surface area (Å²) in [4.78, 5) is 22.6. The van der Waals surface area contributed by atoms with E-state index in [1.165, 1.54) is 0 Å². The number of fused-ring (bicyclic) bond motifs is 1. The molecule has 1 aliphatic carbocycles. The van der Waals surface area contributed by atoms with Gasteiger partial charge in [0.15, 0.2) is 5.69 Å². The van der Waals surface area contributed by atoms with Crippen LogP contribution in [0.4, 0.5) is 10.5 Å². The highest BCUT2D eigenvalue weighted by Crippen LogP contribution is 2.41. The van der Waals surface area contributed by atoms with E-state index in [4.69, 9.17) is 16.0 Å². The molecule has 1 aromatic heterocycles. The highest BCUT2D eigenvalue weighted by molar-refractivity contribution is 5.79. The van der Waals surface area contributed by atoms with Crippen molar-refractivity contribution < 1.29 is 14.3 Å². The molecule has 1 amide bonds. The summed E-state index contributed by atoms with van der Waals surface area (Å²) in [6, 6.07) is 5.62. The van der Waals surface area contributed by atoms with Gasteiger partial charge >= 0.3 is 6.09 Å².